The van der Waals surface area contributed by atoms with Crippen LogP contribution in [-0.2, 0) is 4.79 Å². The van der Waals surface area contributed by atoms with Crippen LogP contribution >= 0.6 is 0 Å². The van der Waals surface area contributed by atoms with E-state index in [2.05, 4.69) is 0 Å². The maximum atomic E-state index is 12.8. The third-order valence-corrected chi connectivity index (χ3v) is 5.32. The van der Waals surface area contributed by atoms with Gasteiger partial charge in [0.15, 0.2) is 5.78 Å². The van der Waals surface area contributed by atoms with Gasteiger partial charge >= 0.3 is 0 Å². The first-order chi connectivity index (χ1) is 13.2. The number of hydrogen-bond acceptors (Lipinski definition) is 4. The molecule has 1 heterocycles. The standard InChI is InChI=1S/C22H22N2O4/c1-13-9-10-16(11-14(13)2)20(26)15(3)23(4)19(25)12-24-21(27)17-7-5-6-8-18(17)22(24)28/h5-11,15H,12H2,1-4H3. The molecule has 3 rings (SSSR count). The van der Waals surface area contributed by atoms with Crippen LogP contribution in [0.4, 0.5) is 0 Å². The molecule has 0 saturated heterocycles. The molecule has 0 N–H and O–H groups in total. The third-order valence-electron chi connectivity index (χ3n) is 5.32. The highest BCUT2D eigenvalue weighted by Crippen LogP contribution is 2.22. The van der Waals surface area contributed by atoms with Crippen LogP contribution in [0.25, 0.3) is 0 Å². The predicted molar refractivity (Wildman–Crippen MR) is 104 cm³/mol. The number of aryl methyl sites for hydroxylation is 2. The number of amides is 3. The molecule has 1 aliphatic heterocycles. The van der Waals surface area contributed by atoms with Crippen molar-refractivity contribution in [3.8, 4) is 0 Å². The summed E-state index contributed by atoms with van der Waals surface area (Å²) in [6.07, 6.45) is 0. The van der Waals surface area contributed by atoms with Crippen molar-refractivity contribution in [3.63, 3.8) is 0 Å². The first-order valence-corrected chi connectivity index (χ1v) is 9.04. The van der Waals surface area contributed by atoms with Crippen molar-refractivity contribution in [1.82, 2.24) is 9.80 Å². The van der Waals surface area contributed by atoms with Crippen molar-refractivity contribution in [2.24, 2.45) is 0 Å². The van der Waals surface area contributed by atoms with Crippen LogP contribution in [0.2, 0.25) is 0 Å². The zero-order valence-electron chi connectivity index (χ0n) is 16.4. The second-order valence-corrected chi connectivity index (χ2v) is 7.09. The summed E-state index contributed by atoms with van der Waals surface area (Å²) < 4.78 is 0. The second kappa shape index (κ2) is 7.38. The number of fused-ring (bicyclic) bond motifs is 1. The minimum atomic E-state index is -0.718. The molecule has 0 saturated carbocycles. The number of hydrogen-bond donors (Lipinski definition) is 0. The molecule has 28 heavy (non-hydrogen) atoms. The van der Waals surface area contributed by atoms with Crippen molar-refractivity contribution in [2.75, 3.05) is 13.6 Å². The van der Waals surface area contributed by atoms with E-state index in [0.717, 1.165) is 16.0 Å². The summed E-state index contributed by atoms with van der Waals surface area (Å²) in [6, 6.07) is 11.2. The topological polar surface area (TPSA) is 74.8 Å². The highest BCUT2D eigenvalue weighted by molar-refractivity contribution is 6.22. The molecule has 6 heteroatoms. The van der Waals surface area contributed by atoms with Crippen LogP contribution in [0.15, 0.2) is 42.5 Å². The fourth-order valence-electron chi connectivity index (χ4n) is 3.16. The van der Waals surface area contributed by atoms with E-state index in [0.29, 0.717) is 16.7 Å². The maximum Gasteiger partial charge on any atom is 0.262 e. The molecular weight excluding hydrogens is 356 g/mol. The molecule has 0 bridgehead atoms. The zero-order valence-corrected chi connectivity index (χ0v) is 16.4. The highest BCUT2D eigenvalue weighted by Gasteiger charge is 2.37. The first-order valence-electron chi connectivity index (χ1n) is 9.04. The lowest BCUT2D eigenvalue weighted by atomic mass is 10.00. The number of Topliss-reactive ketones (excluding diaryl/α,β-unsaturated/α-hetero) is 1. The van der Waals surface area contributed by atoms with Gasteiger partial charge < -0.3 is 4.90 Å². The normalized spacial score (nSPS) is 14.1. The van der Waals surface area contributed by atoms with Gasteiger partial charge in [0.05, 0.1) is 17.2 Å². The Morgan fingerprint density at radius 2 is 1.54 bits per heavy atom. The molecular formula is C22H22N2O4. The summed E-state index contributed by atoms with van der Waals surface area (Å²) in [5.41, 5.74) is 3.19. The number of imide groups is 1. The highest BCUT2D eigenvalue weighted by atomic mass is 16.2. The minimum absolute atomic E-state index is 0.193. The first kappa shape index (κ1) is 19.5. The van der Waals surface area contributed by atoms with Gasteiger partial charge in [0.25, 0.3) is 11.8 Å². The molecule has 1 unspecified atom stereocenters. The fourth-order valence-corrected chi connectivity index (χ4v) is 3.16. The number of nitrogens with zero attached hydrogens (tertiary/aromatic N) is 2. The Morgan fingerprint density at radius 1 is 0.964 bits per heavy atom. The van der Waals surface area contributed by atoms with Crippen molar-refractivity contribution < 1.29 is 19.2 Å². The minimum Gasteiger partial charge on any atom is -0.334 e. The summed E-state index contributed by atoms with van der Waals surface area (Å²) in [4.78, 5) is 52.5. The quantitative estimate of drug-likeness (QED) is 0.592. The molecule has 0 radical (unpaired) electrons. The maximum absolute atomic E-state index is 12.8. The van der Waals surface area contributed by atoms with Crippen molar-refractivity contribution >= 4 is 23.5 Å². The average Bonchev–Trinajstić information content (AvgIpc) is 2.93. The van der Waals surface area contributed by atoms with E-state index in [4.69, 9.17) is 0 Å². The molecule has 144 valence electrons. The van der Waals surface area contributed by atoms with E-state index < -0.39 is 30.3 Å². The Balaban J connectivity index is 1.72. The van der Waals surface area contributed by atoms with E-state index in [9.17, 15) is 19.2 Å². The van der Waals surface area contributed by atoms with Crippen LogP contribution < -0.4 is 0 Å². The van der Waals surface area contributed by atoms with E-state index in [1.807, 2.05) is 19.9 Å². The molecule has 1 aliphatic rings. The summed E-state index contributed by atoms with van der Waals surface area (Å²) in [5, 5.41) is 0. The molecule has 2 aromatic rings. The smallest absolute Gasteiger partial charge is 0.262 e. The Bertz CT molecular complexity index is 961. The molecule has 0 fully saturated rings. The third kappa shape index (κ3) is 3.33. The molecule has 6 nitrogen and oxygen atoms in total. The van der Waals surface area contributed by atoms with Gasteiger partial charge in [-0.1, -0.05) is 24.3 Å². The van der Waals surface area contributed by atoms with Gasteiger partial charge in [-0.25, -0.2) is 0 Å². The van der Waals surface area contributed by atoms with Gasteiger partial charge in [-0.05, 0) is 50.1 Å². The number of carbonyl (C=O) groups is 4. The fraction of sp³-hybridized carbons (Fsp3) is 0.273. The Labute approximate surface area is 163 Å². The lowest BCUT2D eigenvalue weighted by molar-refractivity contribution is -0.131. The van der Waals surface area contributed by atoms with Gasteiger partial charge in [0, 0.05) is 12.6 Å². The number of likely N-dealkylation sites (N-methyl/N-ethyl adjacent to an activating group) is 1. The Kier molecular flexibility index (Phi) is 5.14. The predicted octanol–water partition coefficient (Wildman–Crippen LogP) is 2.63. The van der Waals surface area contributed by atoms with Crippen molar-refractivity contribution in [2.45, 2.75) is 26.8 Å². The van der Waals surface area contributed by atoms with Gasteiger partial charge in [0.1, 0.15) is 6.54 Å². The second-order valence-electron chi connectivity index (χ2n) is 7.09. The Morgan fingerprint density at radius 3 is 2.07 bits per heavy atom. The molecule has 0 spiro atoms. The van der Waals surface area contributed by atoms with E-state index >= 15 is 0 Å². The van der Waals surface area contributed by atoms with Gasteiger partial charge in [-0.2, -0.15) is 0 Å². The number of rotatable bonds is 5. The van der Waals surface area contributed by atoms with Gasteiger partial charge in [-0.15, -0.1) is 0 Å². The summed E-state index contributed by atoms with van der Waals surface area (Å²) in [6.45, 7) is 5.13. The van der Waals surface area contributed by atoms with Crippen LogP contribution in [0.3, 0.4) is 0 Å². The lowest BCUT2D eigenvalue weighted by Gasteiger charge is -2.26. The van der Waals surface area contributed by atoms with Crippen LogP contribution in [0, 0.1) is 13.8 Å². The number of benzene rings is 2. The van der Waals surface area contributed by atoms with Crippen LogP contribution in [0.5, 0.6) is 0 Å². The van der Waals surface area contributed by atoms with Crippen LogP contribution in [0.1, 0.15) is 49.1 Å². The Hall–Kier alpha value is -3.28. The number of ketones is 1. The summed E-state index contributed by atoms with van der Waals surface area (Å²) >= 11 is 0. The number of carbonyl (C=O) groups excluding carboxylic acids is 4. The summed E-state index contributed by atoms with van der Waals surface area (Å²) in [5.74, 6) is -1.65. The molecule has 3 amide bonds. The van der Waals surface area contributed by atoms with Crippen molar-refractivity contribution in [3.05, 3.63) is 70.3 Å². The van der Waals surface area contributed by atoms with E-state index in [-0.39, 0.29) is 5.78 Å². The van der Waals surface area contributed by atoms with Crippen LogP contribution in [-0.4, -0.2) is 52.9 Å². The van der Waals surface area contributed by atoms with Gasteiger partial charge in [0.2, 0.25) is 5.91 Å². The molecule has 2 aromatic carbocycles. The largest absolute Gasteiger partial charge is 0.334 e. The lowest BCUT2D eigenvalue weighted by Crippen LogP contribution is -2.46. The average molecular weight is 378 g/mol. The molecule has 0 aromatic heterocycles. The SMILES string of the molecule is Cc1ccc(C(=O)C(C)N(C)C(=O)CN2C(=O)c3ccccc3C2=O)cc1C. The van der Waals surface area contributed by atoms with Gasteiger partial charge in [-0.3, -0.25) is 24.1 Å². The van der Waals surface area contributed by atoms with E-state index in [1.54, 1.807) is 43.3 Å². The molecule has 0 aliphatic carbocycles. The molecule has 1 atom stereocenters. The monoisotopic (exact) mass is 378 g/mol. The summed E-state index contributed by atoms with van der Waals surface area (Å²) in [7, 11) is 1.50. The van der Waals surface area contributed by atoms with E-state index in [1.165, 1.54) is 11.9 Å². The zero-order chi connectivity index (χ0) is 20.6. The van der Waals surface area contributed by atoms with Crippen molar-refractivity contribution in [1.29, 1.82) is 0 Å².